The van der Waals surface area contributed by atoms with Gasteiger partial charge in [0, 0.05) is 23.5 Å². The Bertz CT molecular complexity index is 753. The number of nitrogens with zero attached hydrogens (tertiary/aromatic N) is 2. The standard InChI is InChI=1S/C13H9ClN4O/c14-13-16-6-4-11(18-13)17-12(19)9-2-1-8-3-5-15-10(8)7-9/h1-7,15H,(H,16,17,18,19). The molecule has 0 aliphatic rings. The van der Waals surface area contributed by atoms with Crippen molar-refractivity contribution in [2.24, 2.45) is 0 Å². The fourth-order valence-corrected chi connectivity index (χ4v) is 1.93. The number of nitrogens with one attached hydrogen (secondary N) is 2. The predicted molar refractivity (Wildman–Crippen MR) is 73.3 cm³/mol. The molecule has 5 nitrogen and oxygen atoms in total. The molecule has 0 aliphatic heterocycles. The largest absolute Gasteiger partial charge is 0.361 e. The summed E-state index contributed by atoms with van der Waals surface area (Å²) in [5.41, 5.74) is 1.46. The van der Waals surface area contributed by atoms with Crippen LogP contribution in [0.1, 0.15) is 10.4 Å². The van der Waals surface area contributed by atoms with E-state index in [-0.39, 0.29) is 11.2 Å². The summed E-state index contributed by atoms with van der Waals surface area (Å²) in [6.45, 7) is 0. The number of aromatic amines is 1. The molecule has 0 unspecified atom stereocenters. The summed E-state index contributed by atoms with van der Waals surface area (Å²) in [4.78, 5) is 22.8. The lowest BCUT2D eigenvalue weighted by molar-refractivity contribution is 0.102. The topological polar surface area (TPSA) is 70.7 Å². The fourth-order valence-electron chi connectivity index (χ4n) is 1.78. The fraction of sp³-hybridized carbons (Fsp3) is 0. The maximum atomic E-state index is 12.1. The lowest BCUT2D eigenvalue weighted by atomic mass is 10.1. The highest BCUT2D eigenvalue weighted by atomic mass is 35.5. The van der Waals surface area contributed by atoms with Gasteiger partial charge in [-0.25, -0.2) is 9.97 Å². The molecule has 3 rings (SSSR count). The molecular formula is C13H9ClN4O. The van der Waals surface area contributed by atoms with E-state index in [4.69, 9.17) is 11.6 Å². The molecule has 2 aromatic heterocycles. The van der Waals surface area contributed by atoms with Gasteiger partial charge in [0.2, 0.25) is 5.28 Å². The van der Waals surface area contributed by atoms with Gasteiger partial charge in [-0.1, -0.05) is 6.07 Å². The molecule has 1 aromatic carbocycles. The van der Waals surface area contributed by atoms with Gasteiger partial charge in [-0.2, -0.15) is 0 Å². The van der Waals surface area contributed by atoms with Crippen molar-refractivity contribution in [3.63, 3.8) is 0 Å². The summed E-state index contributed by atoms with van der Waals surface area (Å²) >= 11 is 5.66. The van der Waals surface area contributed by atoms with Gasteiger partial charge in [-0.3, -0.25) is 4.79 Å². The lowest BCUT2D eigenvalue weighted by Gasteiger charge is -2.04. The van der Waals surface area contributed by atoms with Gasteiger partial charge in [0.05, 0.1) is 0 Å². The lowest BCUT2D eigenvalue weighted by Crippen LogP contribution is -2.13. The van der Waals surface area contributed by atoms with Crippen LogP contribution in [-0.2, 0) is 0 Å². The van der Waals surface area contributed by atoms with Gasteiger partial charge in [0.1, 0.15) is 5.82 Å². The Morgan fingerprint density at radius 1 is 1.26 bits per heavy atom. The van der Waals surface area contributed by atoms with E-state index in [1.54, 1.807) is 18.2 Å². The Labute approximate surface area is 113 Å². The van der Waals surface area contributed by atoms with Crippen LogP contribution in [0, 0.1) is 0 Å². The summed E-state index contributed by atoms with van der Waals surface area (Å²) < 4.78 is 0. The van der Waals surface area contributed by atoms with Gasteiger partial charge < -0.3 is 10.3 Å². The summed E-state index contributed by atoms with van der Waals surface area (Å²) in [6, 6.07) is 8.95. The van der Waals surface area contributed by atoms with Crippen LogP contribution in [0.15, 0.2) is 42.7 Å². The summed E-state index contributed by atoms with van der Waals surface area (Å²) in [7, 11) is 0. The number of hydrogen-bond acceptors (Lipinski definition) is 3. The first-order valence-electron chi connectivity index (χ1n) is 5.59. The minimum atomic E-state index is -0.244. The third-order valence-electron chi connectivity index (χ3n) is 2.68. The molecule has 19 heavy (non-hydrogen) atoms. The average molecular weight is 273 g/mol. The highest BCUT2D eigenvalue weighted by Gasteiger charge is 2.08. The van der Waals surface area contributed by atoms with E-state index >= 15 is 0 Å². The van der Waals surface area contributed by atoms with E-state index < -0.39 is 0 Å². The molecule has 94 valence electrons. The van der Waals surface area contributed by atoms with E-state index in [9.17, 15) is 4.79 Å². The summed E-state index contributed by atoms with van der Waals surface area (Å²) in [5, 5.41) is 3.82. The number of anilines is 1. The van der Waals surface area contributed by atoms with Crippen LogP contribution in [0.5, 0.6) is 0 Å². The Morgan fingerprint density at radius 3 is 3.00 bits per heavy atom. The first kappa shape index (κ1) is 11.7. The Kier molecular flexibility index (Phi) is 2.89. The van der Waals surface area contributed by atoms with Crippen molar-refractivity contribution in [2.75, 3.05) is 5.32 Å². The van der Waals surface area contributed by atoms with Gasteiger partial charge in [-0.15, -0.1) is 0 Å². The number of carbonyl (C=O) groups excluding carboxylic acids is 1. The minimum Gasteiger partial charge on any atom is -0.361 e. The van der Waals surface area contributed by atoms with Crippen LogP contribution in [0.4, 0.5) is 5.82 Å². The molecule has 3 aromatic rings. The van der Waals surface area contributed by atoms with Crippen LogP contribution >= 0.6 is 11.6 Å². The number of hydrogen-bond donors (Lipinski definition) is 2. The average Bonchev–Trinajstić information content (AvgIpc) is 2.85. The number of carbonyl (C=O) groups is 1. The van der Waals surface area contributed by atoms with Crippen LogP contribution in [0.2, 0.25) is 5.28 Å². The van der Waals surface area contributed by atoms with Crippen LogP contribution in [0.3, 0.4) is 0 Å². The second-order valence-electron chi connectivity index (χ2n) is 3.94. The van der Waals surface area contributed by atoms with Crippen LogP contribution in [-0.4, -0.2) is 20.9 Å². The van der Waals surface area contributed by atoms with E-state index in [2.05, 4.69) is 20.3 Å². The molecular weight excluding hydrogens is 264 g/mol. The quantitative estimate of drug-likeness (QED) is 0.705. The molecule has 2 N–H and O–H groups in total. The molecule has 2 heterocycles. The number of halogens is 1. The zero-order valence-electron chi connectivity index (χ0n) is 9.72. The molecule has 0 saturated carbocycles. The minimum absolute atomic E-state index is 0.0950. The molecule has 0 atom stereocenters. The van der Waals surface area contributed by atoms with E-state index in [0.29, 0.717) is 11.4 Å². The van der Waals surface area contributed by atoms with Crippen molar-refractivity contribution in [3.8, 4) is 0 Å². The van der Waals surface area contributed by atoms with Crippen molar-refractivity contribution in [1.29, 1.82) is 0 Å². The van der Waals surface area contributed by atoms with Crippen LogP contribution < -0.4 is 5.32 Å². The number of benzene rings is 1. The van der Waals surface area contributed by atoms with E-state index in [1.807, 2.05) is 18.3 Å². The first-order valence-corrected chi connectivity index (χ1v) is 5.97. The van der Waals surface area contributed by atoms with Crippen molar-refractivity contribution >= 4 is 34.2 Å². The molecule has 6 heteroatoms. The molecule has 0 bridgehead atoms. The predicted octanol–water partition coefficient (Wildman–Crippen LogP) is 2.86. The molecule has 0 fully saturated rings. The second kappa shape index (κ2) is 4.70. The molecule has 0 radical (unpaired) electrons. The highest BCUT2D eigenvalue weighted by Crippen LogP contribution is 2.15. The third-order valence-corrected chi connectivity index (χ3v) is 2.87. The Balaban J connectivity index is 1.87. The van der Waals surface area contributed by atoms with Gasteiger partial charge >= 0.3 is 0 Å². The Morgan fingerprint density at radius 2 is 2.16 bits per heavy atom. The SMILES string of the molecule is O=C(Nc1ccnc(Cl)n1)c1ccc2cc[nH]c2c1. The number of aromatic nitrogens is 3. The normalized spacial score (nSPS) is 10.6. The third kappa shape index (κ3) is 2.41. The monoisotopic (exact) mass is 272 g/mol. The van der Waals surface area contributed by atoms with Gasteiger partial charge in [-0.05, 0) is 41.3 Å². The number of rotatable bonds is 2. The van der Waals surface area contributed by atoms with Crippen LogP contribution in [0.25, 0.3) is 10.9 Å². The van der Waals surface area contributed by atoms with E-state index in [1.165, 1.54) is 6.20 Å². The maximum Gasteiger partial charge on any atom is 0.256 e. The van der Waals surface area contributed by atoms with Gasteiger partial charge in [0.15, 0.2) is 0 Å². The summed E-state index contributed by atoms with van der Waals surface area (Å²) in [6.07, 6.45) is 3.32. The smallest absolute Gasteiger partial charge is 0.256 e. The molecule has 0 aliphatic carbocycles. The van der Waals surface area contributed by atoms with Gasteiger partial charge in [0.25, 0.3) is 5.91 Å². The number of amides is 1. The van der Waals surface area contributed by atoms with Crippen molar-refractivity contribution in [3.05, 3.63) is 53.6 Å². The highest BCUT2D eigenvalue weighted by molar-refractivity contribution is 6.28. The molecule has 0 spiro atoms. The first-order chi connectivity index (χ1) is 9.22. The maximum absolute atomic E-state index is 12.1. The van der Waals surface area contributed by atoms with Crippen molar-refractivity contribution < 1.29 is 4.79 Å². The zero-order chi connectivity index (χ0) is 13.2. The molecule has 1 amide bonds. The number of H-pyrrole nitrogens is 1. The van der Waals surface area contributed by atoms with Crippen molar-refractivity contribution in [2.45, 2.75) is 0 Å². The summed E-state index contributed by atoms with van der Waals surface area (Å²) in [5.74, 6) is 0.128. The zero-order valence-corrected chi connectivity index (χ0v) is 10.5. The second-order valence-corrected chi connectivity index (χ2v) is 4.28. The van der Waals surface area contributed by atoms with E-state index in [0.717, 1.165) is 10.9 Å². The Hall–Kier alpha value is -2.40. The van der Waals surface area contributed by atoms with Crippen molar-refractivity contribution in [1.82, 2.24) is 15.0 Å². The molecule has 0 saturated heterocycles. The number of fused-ring (bicyclic) bond motifs is 1.